The summed E-state index contributed by atoms with van der Waals surface area (Å²) in [5, 5.41) is 165. The van der Waals surface area contributed by atoms with Crippen LogP contribution in [0.1, 0.15) is 105 Å². The van der Waals surface area contributed by atoms with Gasteiger partial charge in [0.25, 0.3) is 0 Å². The molecular weight excluding hydrogens is 1280 g/mol. The van der Waals surface area contributed by atoms with Gasteiger partial charge in [0.05, 0.1) is 50.4 Å². The van der Waals surface area contributed by atoms with Crippen molar-refractivity contribution in [1.29, 1.82) is 0 Å². The summed E-state index contributed by atoms with van der Waals surface area (Å²) in [6, 6.07) is 15.8. The highest BCUT2D eigenvalue weighted by molar-refractivity contribution is 5.90. The zero-order chi connectivity index (χ0) is 69.6. The summed E-state index contributed by atoms with van der Waals surface area (Å²) in [5.41, 5.74) is 0.376. The Morgan fingerprint density at radius 3 is 1.14 bits per heavy atom. The van der Waals surface area contributed by atoms with Crippen LogP contribution < -0.4 is 0 Å². The molecule has 33 nitrogen and oxygen atoms in total. The molecule has 7 rings (SSSR count). The smallest absolute Gasteiger partial charge is 0.338 e. The van der Waals surface area contributed by atoms with Crippen LogP contribution in [0.2, 0.25) is 0 Å². The summed E-state index contributed by atoms with van der Waals surface area (Å²) in [5.74, 6) is -3.56. The lowest BCUT2D eigenvalue weighted by molar-refractivity contribution is -0.395. The number of esters is 4. The van der Waals surface area contributed by atoms with Crippen molar-refractivity contribution >= 4 is 23.9 Å². The van der Waals surface area contributed by atoms with Gasteiger partial charge in [-0.2, -0.15) is 0 Å². The molecule has 0 unspecified atom stereocenters. The lowest BCUT2D eigenvalue weighted by atomic mass is 9.95. The van der Waals surface area contributed by atoms with Crippen LogP contribution in [-0.4, -0.2) is 313 Å². The van der Waals surface area contributed by atoms with E-state index in [0.717, 1.165) is 44.9 Å². The quantitative estimate of drug-likeness (QED) is 0.0176. The fourth-order valence-electron chi connectivity index (χ4n) is 11.4. The van der Waals surface area contributed by atoms with Crippen LogP contribution in [0.25, 0.3) is 0 Å². The second-order valence-electron chi connectivity index (χ2n) is 24.0. The summed E-state index contributed by atoms with van der Waals surface area (Å²) in [7, 11) is 0. The maximum Gasteiger partial charge on any atom is 0.338 e. The van der Waals surface area contributed by atoms with Crippen molar-refractivity contribution in [3.8, 4) is 0 Å². The first kappa shape index (κ1) is 78.7. The van der Waals surface area contributed by atoms with Gasteiger partial charge in [0.1, 0.15) is 142 Å². The number of hydrogen-bond acceptors (Lipinski definition) is 33. The molecule has 5 aliphatic rings. The Morgan fingerprint density at radius 2 is 0.729 bits per heavy atom. The standard InChI is InChI=1S/C63H94O33/c1-2-3-4-5-6-7-8-9-10-17-24-83-59-49(77)56(46(74)39(92-59)31-84-40(68)22-23-41(69)87-34(29-85-57(81)32-18-13-11-14-19-32)30-86-58(82)33-20-15-12-16-21-33)96-63-52(80)55(45(73)38(28-67)91-63)95-62-51(79)54(44(72)37(27-66)90-62)94-61-50(78)53(43(71)36(26-65)89-61)93-60-48(76)47(75)42(70)35(25-64)88-60/h11-16,18-21,34-39,42-56,59-67,70-80H,2-10,17,22-31H2,1H3/t35-,36-,37-,38-,39-,42-,43-,44-,45-,46-,47+,48-,49-,50-,51-,52-,53+,54+,55+,56+,59-,60+,61+,62+,63+/m1/s1. The first-order valence-corrected chi connectivity index (χ1v) is 32.4. The predicted octanol–water partition coefficient (Wildman–Crippen LogP) is -4.02. The Bertz CT molecular complexity index is 2540. The maximum atomic E-state index is 13.3. The highest BCUT2D eigenvalue weighted by Crippen LogP contribution is 2.36. The van der Waals surface area contributed by atoms with Gasteiger partial charge in [-0.3, -0.25) is 9.59 Å². The average Bonchev–Trinajstić information content (AvgIpc) is 0.781. The molecule has 0 radical (unpaired) electrons. The Balaban J connectivity index is 1.01. The van der Waals surface area contributed by atoms with Crippen LogP contribution in [0.3, 0.4) is 0 Å². The van der Waals surface area contributed by atoms with E-state index in [2.05, 4.69) is 6.92 Å². The molecule has 25 atom stereocenters. The zero-order valence-electron chi connectivity index (χ0n) is 53.0. The van der Waals surface area contributed by atoms with Gasteiger partial charge in [0, 0.05) is 6.61 Å². The molecule has 5 heterocycles. The van der Waals surface area contributed by atoms with Crippen molar-refractivity contribution in [2.75, 3.05) is 52.9 Å². The van der Waals surface area contributed by atoms with Gasteiger partial charge in [-0.25, -0.2) is 9.59 Å². The largest absolute Gasteiger partial charge is 0.463 e. The Morgan fingerprint density at radius 1 is 0.385 bits per heavy atom. The molecule has 5 fully saturated rings. The third kappa shape index (κ3) is 21.4. The van der Waals surface area contributed by atoms with Crippen molar-refractivity contribution in [2.45, 2.75) is 244 Å². The molecule has 2 aromatic rings. The van der Waals surface area contributed by atoms with Crippen LogP contribution >= 0.6 is 0 Å². The van der Waals surface area contributed by atoms with E-state index in [4.69, 9.17) is 66.3 Å². The molecule has 2 aromatic carbocycles. The number of benzene rings is 2. The van der Waals surface area contributed by atoms with E-state index in [-0.39, 0.29) is 17.7 Å². The van der Waals surface area contributed by atoms with Gasteiger partial charge in [-0.05, 0) is 30.7 Å². The molecular formula is C63H94O33. The first-order chi connectivity index (χ1) is 46.1. The summed E-state index contributed by atoms with van der Waals surface area (Å²) in [4.78, 5) is 52.0. The van der Waals surface area contributed by atoms with Crippen LogP contribution in [0, 0.1) is 0 Å². The Labute approximate surface area is 552 Å². The zero-order valence-corrected chi connectivity index (χ0v) is 53.0. The van der Waals surface area contributed by atoms with E-state index in [0.29, 0.717) is 6.42 Å². The van der Waals surface area contributed by atoms with E-state index in [1.165, 1.54) is 37.1 Å². The molecule has 0 aliphatic carbocycles. The number of carbonyl (C=O) groups excluding carboxylic acids is 4. The van der Waals surface area contributed by atoms with E-state index >= 15 is 0 Å². The molecule has 0 bridgehead atoms. The third-order valence-corrected chi connectivity index (χ3v) is 17.0. The minimum atomic E-state index is -2.26. The fourth-order valence-corrected chi connectivity index (χ4v) is 11.4. The van der Waals surface area contributed by atoms with E-state index in [1.54, 1.807) is 36.4 Å². The number of hydrogen-bond donors (Lipinski definition) is 15. The van der Waals surface area contributed by atoms with Crippen LogP contribution in [0.5, 0.6) is 0 Å². The normalized spacial score (nSPS) is 35.7. The van der Waals surface area contributed by atoms with Crippen LogP contribution in [-0.2, 0) is 75.9 Å². The highest BCUT2D eigenvalue weighted by atomic mass is 16.8. The molecule has 15 N–H and O–H groups in total. The van der Waals surface area contributed by atoms with Crippen LogP contribution in [0.15, 0.2) is 60.7 Å². The SMILES string of the molecule is CCCCCCCCCCCCO[C@@H]1O[C@H](COC(=O)CCC(=O)OC(COC(=O)c2ccccc2)COC(=O)c2ccccc2)[C@@H](O)[C@H](O[C@@H]2O[C@H](CO)[C@@H](O)[C@H](O[C@@H]3O[C@H](CO)[C@@H](O)[C@H](O[C@@H]4O[C@H](CO)[C@@H](O)[C@H](O[C@@H]5O[C@H](CO)[C@@H](O)[C@H](O)[C@H]5O)[C@H]4O)[C@H]3O)[C@H]2O)[C@H]1O. The molecule has 5 aliphatic heterocycles. The van der Waals surface area contributed by atoms with E-state index < -0.39 is 243 Å². The fraction of sp³-hybridized carbons (Fsp3) is 0.746. The molecule has 33 heteroatoms. The number of unbranched alkanes of at least 4 members (excludes halogenated alkanes) is 9. The maximum absolute atomic E-state index is 13.3. The van der Waals surface area contributed by atoms with Crippen molar-refractivity contribution in [2.24, 2.45) is 0 Å². The van der Waals surface area contributed by atoms with Gasteiger partial charge in [0.15, 0.2) is 37.6 Å². The first-order valence-electron chi connectivity index (χ1n) is 32.4. The number of ether oxygens (including phenoxy) is 14. The van der Waals surface area contributed by atoms with Gasteiger partial charge < -0.3 is 143 Å². The highest BCUT2D eigenvalue weighted by Gasteiger charge is 2.57. The van der Waals surface area contributed by atoms with Crippen LogP contribution in [0.4, 0.5) is 0 Å². The summed E-state index contributed by atoms with van der Waals surface area (Å²) >= 11 is 0. The van der Waals surface area contributed by atoms with E-state index in [9.17, 15) is 95.8 Å². The Hall–Kier alpha value is -4.68. The monoisotopic (exact) mass is 1380 g/mol. The molecule has 0 aromatic heterocycles. The number of aliphatic hydroxyl groups is 15. The van der Waals surface area contributed by atoms with Gasteiger partial charge in [-0.1, -0.05) is 101 Å². The predicted molar refractivity (Wildman–Crippen MR) is 319 cm³/mol. The summed E-state index contributed by atoms with van der Waals surface area (Å²) in [6.45, 7) is -3.65. The van der Waals surface area contributed by atoms with Gasteiger partial charge >= 0.3 is 23.9 Å². The third-order valence-electron chi connectivity index (χ3n) is 17.0. The van der Waals surface area contributed by atoms with Crippen molar-refractivity contribution < 1.29 is 162 Å². The number of aliphatic hydroxyl groups excluding tert-OH is 15. The Kier molecular flexibility index (Phi) is 32.2. The summed E-state index contributed by atoms with van der Waals surface area (Å²) in [6.07, 6.45) is -41.3. The lowest BCUT2D eigenvalue weighted by Gasteiger charge is -2.49. The molecule has 544 valence electrons. The molecule has 0 saturated carbocycles. The minimum Gasteiger partial charge on any atom is -0.463 e. The molecule has 96 heavy (non-hydrogen) atoms. The van der Waals surface area contributed by atoms with Gasteiger partial charge in [-0.15, -0.1) is 0 Å². The topological polar surface area (TPSA) is 501 Å². The number of carbonyl (C=O) groups is 4. The minimum absolute atomic E-state index is 0.00900. The van der Waals surface area contributed by atoms with Crippen molar-refractivity contribution in [3.63, 3.8) is 0 Å². The van der Waals surface area contributed by atoms with E-state index in [1.807, 2.05) is 0 Å². The second-order valence-corrected chi connectivity index (χ2v) is 24.0. The molecule has 0 amide bonds. The number of rotatable bonds is 36. The molecule has 5 saturated heterocycles. The second kappa shape index (κ2) is 39.4. The average molecular weight is 1380 g/mol. The summed E-state index contributed by atoms with van der Waals surface area (Å²) < 4.78 is 79.3. The lowest BCUT2D eigenvalue weighted by Crippen LogP contribution is -2.68. The van der Waals surface area contributed by atoms with Gasteiger partial charge in [0.2, 0.25) is 0 Å². The van der Waals surface area contributed by atoms with Crippen molar-refractivity contribution in [1.82, 2.24) is 0 Å². The molecule has 0 spiro atoms. The van der Waals surface area contributed by atoms with Crippen molar-refractivity contribution in [3.05, 3.63) is 71.8 Å².